The molecule has 0 aliphatic carbocycles. The number of benzene rings is 1. The average molecular weight is 345 g/mol. The van der Waals surface area contributed by atoms with E-state index in [1.54, 1.807) is 0 Å². The molecule has 0 bridgehead atoms. The molecule has 7 heteroatoms. The molecule has 134 valence electrons. The van der Waals surface area contributed by atoms with E-state index in [4.69, 9.17) is 5.11 Å². The van der Waals surface area contributed by atoms with Crippen molar-refractivity contribution in [3.8, 4) is 0 Å². The van der Waals surface area contributed by atoms with Gasteiger partial charge in [-0.15, -0.1) is 0 Å². The van der Waals surface area contributed by atoms with Crippen molar-refractivity contribution in [3.05, 3.63) is 35.5 Å². The lowest BCUT2D eigenvalue weighted by Crippen LogP contribution is -2.39. The van der Waals surface area contributed by atoms with Gasteiger partial charge in [-0.2, -0.15) is 0 Å². The van der Waals surface area contributed by atoms with Gasteiger partial charge in [-0.25, -0.2) is 0 Å². The molecule has 7 nitrogen and oxygen atoms in total. The van der Waals surface area contributed by atoms with Crippen molar-refractivity contribution in [1.82, 2.24) is 15.2 Å². The molecule has 3 N–H and O–H groups in total. The van der Waals surface area contributed by atoms with E-state index in [2.05, 4.69) is 17.6 Å². The van der Waals surface area contributed by atoms with Gasteiger partial charge in [0.1, 0.15) is 12.2 Å². The molecule has 0 atom stereocenters. The smallest absolute Gasteiger partial charge is 0.322 e. The number of hydrogen-bond acceptors (Lipinski definition) is 3. The molecule has 1 heterocycles. The van der Waals surface area contributed by atoms with Crippen molar-refractivity contribution in [2.75, 3.05) is 13.1 Å². The molecule has 2 rings (SSSR count). The normalized spacial score (nSPS) is 10.6. The molecule has 0 radical (unpaired) electrons. The third kappa shape index (κ3) is 4.37. The summed E-state index contributed by atoms with van der Waals surface area (Å²) in [5, 5.41) is 14.4. The van der Waals surface area contributed by atoms with Crippen LogP contribution in [0, 0.1) is 6.92 Å². The fraction of sp³-hybridized carbons (Fsp3) is 0.389. The van der Waals surface area contributed by atoms with Crippen molar-refractivity contribution in [2.24, 2.45) is 0 Å². The number of nitrogens with one attached hydrogen (secondary N) is 2. The molecule has 1 aromatic heterocycles. The van der Waals surface area contributed by atoms with E-state index < -0.39 is 18.4 Å². The fourth-order valence-corrected chi connectivity index (χ4v) is 2.80. The van der Waals surface area contributed by atoms with Gasteiger partial charge in [0, 0.05) is 17.4 Å². The van der Waals surface area contributed by atoms with Gasteiger partial charge < -0.3 is 20.3 Å². The van der Waals surface area contributed by atoms with Crippen molar-refractivity contribution in [1.29, 1.82) is 0 Å². The molecular weight excluding hydrogens is 322 g/mol. The van der Waals surface area contributed by atoms with Crippen molar-refractivity contribution in [3.63, 3.8) is 0 Å². The molecule has 0 aliphatic rings. The molecule has 0 saturated carbocycles. The lowest BCUT2D eigenvalue weighted by atomic mass is 10.1. The molecule has 0 aliphatic heterocycles. The van der Waals surface area contributed by atoms with Gasteiger partial charge in [0.2, 0.25) is 5.91 Å². The van der Waals surface area contributed by atoms with Crippen LogP contribution in [0.25, 0.3) is 10.9 Å². The van der Waals surface area contributed by atoms with Crippen LogP contribution in [-0.2, 0) is 16.1 Å². The number of aryl methyl sites for hydroxylation is 2. The zero-order valence-corrected chi connectivity index (χ0v) is 14.5. The maximum atomic E-state index is 12.6. The molecule has 0 fully saturated rings. The van der Waals surface area contributed by atoms with Crippen LogP contribution >= 0.6 is 0 Å². The number of carboxylic acids is 1. The number of para-hydroxylation sites is 1. The van der Waals surface area contributed by atoms with Crippen LogP contribution < -0.4 is 10.6 Å². The van der Waals surface area contributed by atoms with Crippen LogP contribution in [0.1, 0.15) is 35.8 Å². The Hall–Kier alpha value is -2.83. The second-order valence-corrected chi connectivity index (χ2v) is 5.85. The van der Waals surface area contributed by atoms with Gasteiger partial charge in [-0.05, 0) is 25.0 Å². The highest BCUT2D eigenvalue weighted by Crippen LogP contribution is 2.26. The predicted molar refractivity (Wildman–Crippen MR) is 94.6 cm³/mol. The zero-order chi connectivity index (χ0) is 18.4. The molecule has 2 amide bonds. The first-order chi connectivity index (χ1) is 12.0. The van der Waals surface area contributed by atoms with Crippen molar-refractivity contribution >= 4 is 28.7 Å². The summed E-state index contributed by atoms with van der Waals surface area (Å²) in [4.78, 5) is 34.7. The number of carbonyl (C=O) groups is 3. The quantitative estimate of drug-likeness (QED) is 0.677. The zero-order valence-electron chi connectivity index (χ0n) is 14.5. The summed E-state index contributed by atoms with van der Waals surface area (Å²) in [6, 6.07) is 7.82. The number of aliphatic carboxylic acids is 1. The van der Waals surface area contributed by atoms with Crippen LogP contribution in [0.5, 0.6) is 0 Å². The minimum atomic E-state index is -1.13. The first-order valence-corrected chi connectivity index (χ1v) is 8.30. The monoisotopic (exact) mass is 345 g/mol. The Balaban J connectivity index is 2.20. The van der Waals surface area contributed by atoms with Gasteiger partial charge in [0.05, 0.1) is 6.54 Å². The number of fused-ring (bicyclic) bond motifs is 1. The molecule has 0 spiro atoms. The lowest BCUT2D eigenvalue weighted by molar-refractivity contribution is -0.137. The van der Waals surface area contributed by atoms with Gasteiger partial charge in [-0.1, -0.05) is 31.5 Å². The highest BCUT2D eigenvalue weighted by atomic mass is 16.4. The molecule has 2 aromatic rings. The largest absolute Gasteiger partial charge is 0.480 e. The number of carboxylic acid groups (broad SMARTS) is 1. The summed E-state index contributed by atoms with van der Waals surface area (Å²) in [7, 11) is 0. The standard InChI is InChI=1S/C18H23N3O4/c1-3-4-9-21-14-8-6-5-7-13(14)12(2)17(21)18(25)20-10-15(22)19-11-16(23)24/h5-8H,3-4,9-11H2,1-2H3,(H,19,22)(H,20,25)(H,23,24). The lowest BCUT2D eigenvalue weighted by Gasteiger charge is -2.11. The summed E-state index contributed by atoms with van der Waals surface area (Å²) in [6.45, 7) is 3.97. The highest BCUT2D eigenvalue weighted by Gasteiger charge is 2.20. The predicted octanol–water partition coefficient (Wildman–Crippen LogP) is 1.68. The van der Waals surface area contributed by atoms with Crippen molar-refractivity contribution < 1.29 is 19.5 Å². The van der Waals surface area contributed by atoms with E-state index in [0.717, 1.165) is 35.9 Å². The Kier molecular flexibility index (Phi) is 6.16. The van der Waals surface area contributed by atoms with Crippen LogP contribution in [0.2, 0.25) is 0 Å². The number of hydrogen-bond donors (Lipinski definition) is 3. The Morgan fingerprint density at radius 3 is 2.52 bits per heavy atom. The topological polar surface area (TPSA) is 100 Å². The maximum absolute atomic E-state index is 12.6. The summed E-state index contributed by atoms with van der Waals surface area (Å²) < 4.78 is 1.98. The van der Waals surface area contributed by atoms with Crippen LogP contribution in [-0.4, -0.2) is 40.5 Å². The molecule has 25 heavy (non-hydrogen) atoms. The Morgan fingerprint density at radius 1 is 1.12 bits per heavy atom. The number of carbonyl (C=O) groups excluding carboxylic acids is 2. The van der Waals surface area contributed by atoms with Crippen LogP contribution in [0.3, 0.4) is 0 Å². The van der Waals surface area contributed by atoms with E-state index in [9.17, 15) is 14.4 Å². The maximum Gasteiger partial charge on any atom is 0.322 e. The molecule has 1 aromatic carbocycles. The second kappa shape index (κ2) is 8.32. The van der Waals surface area contributed by atoms with Crippen molar-refractivity contribution in [2.45, 2.75) is 33.2 Å². The highest BCUT2D eigenvalue weighted by molar-refractivity contribution is 6.02. The first-order valence-electron chi connectivity index (χ1n) is 8.30. The number of rotatable bonds is 8. The van der Waals surface area contributed by atoms with Gasteiger partial charge >= 0.3 is 5.97 Å². The number of aromatic nitrogens is 1. The van der Waals surface area contributed by atoms with E-state index in [-0.39, 0.29) is 12.5 Å². The van der Waals surface area contributed by atoms with E-state index in [0.29, 0.717) is 5.69 Å². The summed E-state index contributed by atoms with van der Waals surface area (Å²) in [6.07, 6.45) is 1.95. The number of amides is 2. The molecule has 0 unspecified atom stereocenters. The number of unbranched alkanes of at least 4 members (excludes halogenated alkanes) is 1. The fourth-order valence-electron chi connectivity index (χ4n) is 2.80. The Bertz CT molecular complexity index is 795. The van der Waals surface area contributed by atoms with Gasteiger partial charge in [0.25, 0.3) is 5.91 Å². The van der Waals surface area contributed by atoms with Crippen LogP contribution in [0.4, 0.5) is 0 Å². The first kappa shape index (κ1) is 18.5. The minimum Gasteiger partial charge on any atom is -0.480 e. The number of nitrogens with zero attached hydrogens (tertiary/aromatic N) is 1. The van der Waals surface area contributed by atoms with E-state index >= 15 is 0 Å². The van der Waals surface area contributed by atoms with Crippen LogP contribution in [0.15, 0.2) is 24.3 Å². The van der Waals surface area contributed by atoms with Gasteiger partial charge in [0.15, 0.2) is 0 Å². The summed E-state index contributed by atoms with van der Waals surface area (Å²) in [5.74, 6) is -2.00. The van der Waals surface area contributed by atoms with Gasteiger partial charge in [-0.3, -0.25) is 14.4 Å². The third-order valence-electron chi connectivity index (χ3n) is 4.02. The molecule has 0 saturated heterocycles. The summed E-state index contributed by atoms with van der Waals surface area (Å²) in [5.41, 5.74) is 2.41. The Morgan fingerprint density at radius 2 is 1.84 bits per heavy atom. The minimum absolute atomic E-state index is 0.263. The van der Waals surface area contributed by atoms with E-state index in [1.165, 1.54) is 0 Å². The third-order valence-corrected chi connectivity index (χ3v) is 4.02. The molecular formula is C18H23N3O4. The SMILES string of the molecule is CCCCn1c(C(=O)NCC(=O)NCC(=O)O)c(C)c2ccccc21. The summed E-state index contributed by atoms with van der Waals surface area (Å²) >= 11 is 0. The average Bonchev–Trinajstić information content (AvgIpc) is 2.88. The Labute approximate surface area is 146 Å². The van der Waals surface area contributed by atoms with E-state index in [1.807, 2.05) is 35.8 Å². The second-order valence-electron chi connectivity index (χ2n) is 5.85.